The standard InChI is InChI=1S/C12H13BrF2O3/c1-16-7-4-8(14)11(9(15)5-7)12(13)10-6-17-2-3-18-10/h4-5,10,12H,2-3,6H2,1H3. The Hall–Kier alpha value is -0.720. The summed E-state index contributed by atoms with van der Waals surface area (Å²) in [6.45, 7) is 1.23. The Kier molecular flexibility index (Phi) is 4.53. The molecule has 18 heavy (non-hydrogen) atoms. The van der Waals surface area contributed by atoms with Crippen LogP contribution in [0, 0.1) is 11.6 Å². The second kappa shape index (κ2) is 5.95. The van der Waals surface area contributed by atoms with Gasteiger partial charge in [-0.05, 0) is 0 Å². The summed E-state index contributed by atoms with van der Waals surface area (Å²) in [6, 6.07) is 2.30. The van der Waals surface area contributed by atoms with Crippen LogP contribution in [0.15, 0.2) is 12.1 Å². The van der Waals surface area contributed by atoms with Crippen LogP contribution in [0.1, 0.15) is 10.4 Å². The minimum Gasteiger partial charge on any atom is -0.497 e. The van der Waals surface area contributed by atoms with E-state index in [1.54, 1.807) is 0 Å². The van der Waals surface area contributed by atoms with Crippen LogP contribution in [0.5, 0.6) is 5.75 Å². The van der Waals surface area contributed by atoms with Gasteiger partial charge in [0.25, 0.3) is 0 Å². The van der Waals surface area contributed by atoms with E-state index in [0.29, 0.717) is 19.8 Å². The van der Waals surface area contributed by atoms with Crippen LogP contribution in [-0.4, -0.2) is 33.0 Å². The largest absolute Gasteiger partial charge is 0.497 e. The molecule has 1 aromatic carbocycles. The zero-order valence-corrected chi connectivity index (χ0v) is 11.4. The van der Waals surface area contributed by atoms with Gasteiger partial charge in [0.15, 0.2) is 0 Å². The van der Waals surface area contributed by atoms with Crippen molar-refractivity contribution in [2.45, 2.75) is 10.9 Å². The predicted molar refractivity (Wildman–Crippen MR) is 65.1 cm³/mol. The molecule has 2 rings (SSSR count). The first-order chi connectivity index (χ1) is 8.63. The van der Waals surface area contributed by atoms with Gasteiger partial charge in [-0.3, -0.25) is 0 Å². The Morgan fingerprint density at radius 3 is 2.50 bits per heavy atom. The van der Waals surface area contributed by atoms with Crippen molar-refractivity contribution in [1.29, 1.82) is 0 Å². The van der Waals surface area contributed by atoms with Gasteiger partial charge in [-0.15, -0.1) is 0 Å². The van der Waals surface area contributed by atoms with Crippen LogP contribution in [-0.2, 0) is 9.47 Å². The van der Waals surface area contributed by atoms with Crippen LogP contribution < -0.4 is 4.74 Å². The van der Waals surface area contributed by atoms with Crippen LogP contribution in [0.2, 0.25) is 0 Å². The molecule has 0 spiro atoms. The summed E-state index contributed by atoms with van der Waals surface area (Å²) in [7, 11) is 1.36. The fraction of sp³-hybridized carbons (Fsp3) is 0.500. The van der Waals surface area contributed by atoms with Crippen LogP contribution in [0.4, 0.5) is 8.78 Å². The quantitative estimate of drug-likeness (QED) is 0.801. The normalized spacial score (nSPS) is 21.7. The maximum Gasteiger partial charge on any atom is 0.134 e. The van der Waals surface area contributed by atoms with Gasteiger partial charge in [0.05, 0.1) is 37.9 Å². The zero-order chi connectivity index (χ0) is 13.1. The maximum absolute atomic E-state index is 13.9. The molecular formula is C12H13BrF2O3. The minimum atomic E-state index is -0.664. The van der Waals surface area contributed by atoms with Crippen molar-refractivity contribution in [3.8, 4) is 5.75 Å². The van der Waals surface area contributed by atoms with Crippen molar-refractivity contribution < 1.29 is 23.0 Å². The number of alkyl halides is 1. The lowest BCUT2D eigenvalue weighted by Crippen LogP contribution is -2.32. The molecule has 6 heteroatoms. The minimum absolute atomic E-state index is 0.0636. The number of halogens is 3. The molecule has 1 aliphatic rings. The highest BCUT2D eigenvalue weighted by Gasteiger charge is 2.29. The first kappa shape index (κ1) is 13.7. The van der Waals surface area contributed by atoms with E-state index >= 15 is 0 Å². The average Bonchev–Trinajstić information content (AvgIpc) is 2.38. The highest BCUT2D eigenvalue weighted by molar-refractivity contribution is 9.09. The summed E-state index contributed by atoms with van der Waals surface area (Å²) < 4.78 is 43.2. The second-order valence-electron chi connectivity index (χ2n) is 3.89. The molecule has 3 nitrogen and oxygen atoms in total. The number of methoxy groups -OCH3 is 1. The number of benzene rings is 1. The van der Waals surface area contributed by atoms with E-state index in [9.17, 15) is 8.78 Å². The van der Waals surface area contributed by atoms with Gasteiger partial charge in [0, 0.05) is 17.7 Å². The zero-order valence-electron chi connectivity index (χ0n) is 9.79. The number of hydrogen-bond donors (Lipinski definition) is 0. The van der Waals surface area contributed by atoms with Crippen LogP contribution in [0.25, 0.3) is 0 Å². The fourth-order valence-electron chi connectivity index (χ4n) is 1.80. The van der Waals surface area contributed by atoms with E-state index in [4.69, 9.17) is 14.2 Å². The van der Waals surface area contributed by atoms with Crippen molar-refractivity contribution in [3.05, 3.63) is 29.3 Å². The Bertz CT molecular complexity index is 399. The van der Waals surface area contributed by atoms with E-state index in [2.05, 4.69) is 15.9 Å². The molecule has 0 bridgehead atoms. The third-order valence-corrected chi connectivity index (χ3v) is 3.78. The average molecular weight is 323 g/mol. The summed E-state index contributed by atoms with van der Waals surface area (Å²) in [5.41, 5.74) is -0.0636. The van der Waals surface area contributed by atoms with E-state index in [1.165, 1.54) is 7.11 Å². The van der Waals surface area contributed by atoms with Gasteiger partial charge < -0.3 is 14.2 Å². The first-order valence-electron chi connectivity index (χ1n) is 5.50. The molecule has 1 aromatic rings. The Labute approximate surface area is 112 Å². The van der Waals surface area contributed by atoms with E-state index in [0.717, 1.165) is 12.1 Å². The van der Waals surface area contributed by atoms with Gasteiger partial charge in [-0.2, -0.15) is 0 Å². The number of ether oxygens (including phenoxy) is 3. The third kappa shape index (κ3) is 2.81. The molecule has 2 atom stereocenters. The topological polar surface area (TPSA) is 27.7 Å². The Balaban J connectivity index is 2.26. The van der Waals surface area contributed by atoms with Gasteiger partial charge in [0.1, 0.15) is 17.4 Å². The monoisotopic (exact) mass is 322 g/mol. The van der Waals surface area contributed by atoms with Crippen molar-refractivity contribution in [2.24, 2.45) is 0 Å². The summed E-state index contributed by atoms with van der Waals surface area (Å²) in [4.78, 5) is -0.594. The molecule has 1 heterocycles. The lowest BCUT2D eigenvalue weighted by molar-refractivity contribution is -0.0881. The highest BCUT2D eigenvalue weighted by Crippen LogP contribution is 2.35. The summed E-state index contributed by atoms with van der Waals surface area (Å²) in [6.07, 6.45) is -0.406. The van der Waals surface area contributed by atoms with E-state index < -0.39 is 22.6 Å². The first-order valence-corrected chi connectivity index (χ1v) is 6.41. The third-order valence-electron chi connectivity index (χ3n) is 2.73. The molecule has 2 unspecified atom stereocenters. The lowest BCUT2D eigenvalue weighted by atomic mass is 10.1. The van der Waals surface area contributed by atoms with Gasteiger partial charge >= 0.3 is 0 Å². The number of hydrogen-bond acceptors (Lipinski definition) is 3. The van der Waals surface area contributed by atoms with E-state index in [1.807, 2.05) is 0 Å². The lowest BCUT2D eigenvalue weighted by Gasteiger charge is -2.27. The molecule has 0 N–H and O–H groups in total. The van der Waals surface area contributed by atoms with E-state index in [-0.39, 0.29) is 11.3 Å². The predicted octanol–water partition coefficient (Wildman–Crippen LogP) is 2.82. The smallest absolute Gasteiger partial charge is 0.134 e. The van der Waals surface area contributed by atoms with Crippen LogP contribution >= 0.6 is 15.9 Å². The van der Waals surface area contributed by atoms with Gasteiger partial charge in [-0.25, -0.2) is 8.78 Å². The summed E-state index contributed by atoms with van der Waals surface area (Å²) >= 11 is 3.27. The van der Waals surface area contributed by atoms with Crippen molar-refractivity contribution in [1.82, 2.24) is 0 Å². The molecule has 0 radical (unpaired) electrons. The van der Waals surface area contributed by atoms with Gasteiger partial charge in [-0.1, -0.05) is 15.9 Å². The molecule has 0 aliphatic carbocycles. The van der Waals surface area contributed by atoms with Crippen molar-refractivity contribution >= 4 is 15.9 Å². The molecule has 100 valence electrons. The summed E-state index contributed by atoms with van der Waals surface area (Å²) in [5.74, 6) is -1.18. The number of rotatable bonds is 3. The van der Waals surface area contributed by atoms with Crippen molar-refractivity contribution in [2.75, 3.05) is 26.9 Å². The SMILES string of the molecule is COc1cc(F)c(C(Br)C2COCCO2)c(F)c1. The molecule has 1 saturated heterocycles. The molecule has 1 fully saturated rings. The maximum atomic E-state index is 13.9. The molecule has 0 aromatic heterocycles. The molecular weight excluding hydrogens is 310 g/mol. The molecule has 0 saturated carbocycles. The second-order valence-corrected chi connectivity index (χ2v) is 4.88. The highest BCUT2D eigenvalue weighted by atomic mass is 79.9. The van der Waals surface area contributed by atoms with Crippen molar-refractivity contribution in [3.63, 3.8) is 0 Å². The molecule has 0 amide bonds. The summed E-state index contributed by atoms with van der Waals surface area (Å²) in [5, 5.41) is 0. The Morgan fingerprint density at radius 2 is 2.00 bits per heavy atom. The molecule has 1 aliphatic heterocycles. The Morgan fingerprint density at radius 1 is 1.33 bits per heavy atom. The fourth-order valence-corrected chi connectivity index (χ4v) is 2.55. The van der Waals surface area contributed by atoms with Gasteiger partial charge in [0.2, 0.25) is 0 Å². The van der Waals surface area contributed by atoms with Crippen LogP contribution in [0.3, 0.4) is 0 Å².